The lowest BCUT2D eigenvalue weighted by Crippen LogP contribution is -2.50. The summed E-state index contributed by atoms with van der Waals surface area (Å²) in [5.41, 5.74) is -0.485. The van der Waals surface area contributed by atoms with E-state index in [2.05, 4.69) is 11.4 Å². The molecule has 118 valence electrons. The second kappa shape index (κ2) is 7.28. The van der Waals surface area contributed by atoms with E-state index in [1.807, 2.05) is 13.8 Å². The van der Waals surface area contributed by atoms with Crippen LogP contribution in [0, 0.1) is 17.2 Å². The number of hydrogen-bond acceptors (Lipinski definition) is 4. The molecule has 0 radical (unpaired) electrons. The highest BCUT2D eigenvalue weighted by Gasteiger charge is 2.30. The van der Waals surface area contributed by atoms with Crippen molar-refractivity contribution in [3.8, 4) is 11.8 Å². The van der Waals surface area contributed by atoms with Crippen LogP contribution in [0.25, 0.3) is 0 Å². The number of carbonyl (C=O) groups is 2. The number of amides is 1. The minimum atomic E-state index is -0.956. The SMILES string of the molecule is CC(=O)c1ccc(OCC(=O)N[C@@](C)(C#N)C(C)C)c(Cl)c1. The molecule has 0 saturated carbocycles. The lowest BCUT2D eigenvalue weighted by molar-refractivity contribution is -0.124. The van der Waals surface area contributed by atoms with E-state index >= 15 is 0 Å². The first-order chi connectivity index (χ1) is 10.2. The highest BCUT2D eigenvalue weighted by molar-refractivity contribution is 6.32. The fourth-order valence-electron chi connectivity index (χ4n) is 1.61. The van der Waals surface area contributed by atoms with E-state index in [-0.39, 0.29) is 23.3 Å². The summed E-state index contributed by atoms with van der Waals surface area (Å²) in [6.45, 7) is 6.53. The number of nitrogens with one attached hydrogen (secondary N) is 1. The largest absolute Gasteiger partial charge is 0.482 e. The first kappa shape index (κ1) is 18.0. The summed E-state index contributed by atoms with van der Waals surface area (Å²) >= 11 is 6.01. The molecule has 0 aliphatic carbocycles. The summed E-state index contributed by atoms with van der Waals surface area (Å²) in [5.74, 6) is -0.248. The average Bonchev–Trinajstić information content (AvgIpc) is 2.45. The van der Waals surface area contributed by atoms with Gasteiger partial charge in [-0.25, -0.2) is 0 Å². The first-order valence-electron chi connectivity index (χ1n) is 6.85. The van der Waals surface area contributed by atoms with E-state index in [0.29, 0.717) is 11.3 Å². The number of ether oxygens (including phenoxy) is 1. The zero-order valence-corrected chi connectivity index (χ0v) is 13.8. The predicted octanol–water partition coefficient (Wildman–Crippen LogP) is 2.98. The van der Waals surface area contributed by atoms with Crippen LogP contribution in [-0.4, -0.2) is 23.8 Å². The molecule has 0 bridgehead atoms. The molecule has 0 aliphatic heterocycles. The Labute approximate surface area is 135 Å². The van der Waals surface area contributed by atoms with Crippen molar-refractivity contribution in [1.82, 2.24) is 5.32 Å². The zero-order valence-electron chi connectivity index (χ0n) is 13.1. The molecular weight excluding hydrogens is 304 g/mol. The van der Waals surface area contributed by atoms with E-state index in [9.17, 15) is 9.59 Å². The molecule has 0 aromatic heterocycles. The lowest BCUT2D eigenvalue weighted by atomic mass is 9.90. The maximum absolute atomic E-state index is 11.9. The maximum Gasteiger partial charge on any atom is 0.259 e. The third-order valence-corrected chi connectivity index (χ3v) is 3.78. The first-order valence-corrected chi connectivity index (χ1v) is 7.23. The molecule has 1 rings (SSSR count). The van der Waals surface area contributed by atoms with Gasteiger partial charge in [-0.05, 0) is 38.0 Å². The third kappa shape index (κ3) is 4.47. The van der Waals surface area contributed by atoms with Gasteiger partial charge in [0.1, 0.15) is 11.3 Å². The molecular formula is C16H19ClN2O3. The number of carbonyl (C=O) groups excluding carboxylic acids is 2. The van der Waals surface area contributed by atoms with Crippen molar-refractivity contribution in [2.75, 3.05) is 6.61 Å². The van der Waals surface area contributed by atoms with Crippen LogP contribution in [0.3, 0.4) is 0 Å². The second-order valence-corrected chi connectivity index (χ2v) is 5.91. The summed E-state index contributed by atoms with van der Waals surface area (Å²) in [7, 11) is 0. The van der Waals surface area contributed by atoms with Crippen LogP contribution >= 0.6 is 11.6 Å². The van der Waals surface area contributed by atoms with E-state index in [1.54, 1.807) is 13.0 Å². The normalized spacial score (nSPS) is 13.1. The van der Waals surface area contributed by atoms with Gasteiger partial charge in [-0.3, -0.25) is 9.59 Å². The number of nitriles is 1. The lowest BCUT2D eigenvalue weighted by Gasteiger charge is -2.27. The molecule has 5 nitrogen and oxygen atoms in total. The van der Waals surface area contributed by atoms with Gasteiger partial charge in [0.25, 0.3) is 5.91 Å². The molecule has 0 saturated heterocycles. The van der Waals surface area contributed by atoms with Crippen molar-refractivity contribution in [3.63, 3.8) is 0 Å². The summed E-state index contributed by atoms with van der Waals surface area (Å²) in [5, 5.41) is 12.1. The molecule has 0 aliphatic rings. The molecule has 22 heavy (non-hydrogen) atoms. The van der Waals surface area contributed by atoms with Crippen molar-refractivity contribution in [1.29, 1.82) is 5.26 Å². The van der Waals surface area contributed by atoms with Crippen LogP contribution in [0.2, 0.25) is 5.02 Å². The number of ketones is 1. The highest BCUT2D eigenvalue weighted by atomic mass is 35.5. The molecule has 0 unspecified atom stereocenters. The van der Waals surface area contributed by atoms with E-state index < -0.39 is 11.4 Å². The van der Waals surface area contributed by atoms with Crippen molar-refractivity contribution in [2.45, 2.75) is 33.2 Å². The van der Waals surface area contributed by atoms with Gasteiger partial charge in [-0.2, -0.15) is 5.26 Å². The van der Waals surface area contributed by atoms with Crippen molar-refractivity contribution in [2.24, 2.45) is 5.92 Å². The number of rotatable bonds is 6. The highest BCUT2D eigenvalue weighted by Crippen LogP contribution is 2.25. The van der Waals surface area contributed by atoms with Gasteiger partial charge < -0.3 is 10.1 Å². The molecule has 1 N–H and O–H groups in total. The molecule has 6 heteroatoms. The molecule has 0 fully saturated rings. The summed E-state index contributed by atoms with van der Waals surface area (Å²) in [6, 6.07) is 6.70. The van der Waals surface area contributed by atoms with Crippen molar-refractivity contribution in [3.05, 3.63) is 28.8 Å². The second-order valence-electron chi connectivity index (χ2n) is 5.51. The van der Waals surface area contributed by atoms with Crippen LogP contribution < -0.4 is 10.1 Å². The fraction of sp³-hybridized carbons (Fsp3) is 0.438. The van der Waals surface area contributed by atoms with Crippen LogP contribution in [-0.2, 0) is 4.79 Å². The molecule has 0 spiro atoms. The van der Waals surface area contributed by atoms with Gasteiger partial charge >= 0.3 is 0 Å². The minimum absolute atomic E-state index is 0.0418. The van der Waals surface area contributed by atoms with E-state index in [1.165, 1.54) is 19.1 Å². The van der Waals surface area contributed by atoms with E-state index in [4.69, 9.17) is 21.6 Å². The van der Waals surface area contributed by atoms with Gasteiger partial charge in [0.05, 0.1) is 11.1 Å². The Morgan fingerprint density at radius 1 is 1.45 bits per heavy atom. The van der Waals surface area contributed by atoms with Crippen LogP contribution in [0.15, 0.2) is 18.2 Å². The fourth-order valence-corrected chi connectivity index (χ4v) is 1.84. The minimum Gasteiger partial charge on any atom is -0.482 e. The number of nitrogens with zero attached hydrogens (tertiary/aromatic N) is 1. The Balaban J connectivity index is 2.69. The number of halogens is 1. The summed E-state index contributed by atoms with van der Waals surface area (Å²) in [4.78, 5) is 23.1. The predicted molar refractivity (Wildman–Crippen MR) is 84.0 cm³/mol. The van der Waals surface area contributed by atoms with Crippen LogP contribution in [0.4, 0.5) is 0 Å². The number of hydrogen-bond donors (Lipinski definition) is 1. The molecule has 1 aromatic rings. The van der Waals surface area contributed by atoms with Gasteiger partial charge in [0.15, 0.2) is 12.4 Å². The Hall–Kier alpha value is -2.06. The zero-order chi connectivity index (χ0) is 16.9. The van der Waals surface area contributed by atoms with Gasteiger partial charge in [-0.1, -0.05) is 25.4 Å². The Morgan fingerprint density at radius 3 is 2.55 bits per heavy atom. The van der Waals surface area contributed by atoms with Crippen molar-refractivity contribution < 1.29 is 14.3 Å². The quantitative estimate of drug-likeness (QED) is 0.816. The van der Waals surface area contributed by atoms with Gasteiger partial charge in [-0.15, -0.1) is 0 Å². The van der Waals surface area contributed by atoms with Gasteiger partial charge in [0.2, 0.25) is 0 Å². The third-order valence-electron chi connectivity index (χ3n) is 3.48. The van der Waals surface area contributed by atoms with E-state index in [0.717, 1.165) is 0 Å². The summed E-state index contributed by atoms with van der Waals surface area (Å²) in [6.07, 6.45) is 0. The molecule has 0 heterocycles. The Morgan fingerprint density at radius 2 is 2.09 bits per heavy atom. The topological polar surface area (TPSA) is 79.2 Å². The monoisotopic (exact) mass is 322 g/mol. The van der Waals surface area contributed by atoms with Crippen LogP contribution in [0.5, 0.6) is 5.75 Å². The molecule has 1 aromatic carbocycles. The Kier molecular flexibility index (Phi) is 5.95. The average molecular weight is 323 g/mol. The molecule has 1 amide bonds. The Bertz CT molecular complexity index is 622. The molecule has 1 atom stereocenters. The van der Waals surface area contributed by atoms with Crippen LogP contribution in [0.1, 0.15) is 38.1 Å². The number of Topliss-reactive ketones (excluding diaryl/α,β-unsaturated/α-hetero) is 1. The maximum atomic E-state index is 11.9. The summed E-state index contributed by atoms with van der Waals surface area (Å²) < 4.78 is 5.34. The smallest absolute Gasteiger partial charge is 0.259 e. The van der Waals surface area contributed by atoms with Crippen molar-refractivity contribution >= 4 is 23.3 Å². The number of benzene rings is 1. The standard InChI is InChI=1S/C16H19ClN2O3/c1-10(2)16(4,9-18)19-15(21)8-22-14-6-5-12(11(3)20)7-13(14)17/h5-7,10H,8H2,1-4H3,(H,19,21)/t16-/m0/s1. The van der Waals surface area contributed by atoms with Gasteiger partial charge in [0, 0.05) is 5.56 Å².